The zero-order chi connectivity index (χ0) is 22.4. The lowest BCUT2D eigenvalue weighted by Gasteiger charge is -2.11. The van der Waals surface area contributed by atoms with Gasteiger partial charge in [0.1, 0.15) is 4.90 Å². The van der Waals surface area contributed by atoms with Gasteiger partial charge in [-0.25, -0.2) is 5.43 Å². The van der Waals surface area contributed by atoms with Crippen molar-refractivity contribution in [1.82, 2.24) is 5.43 Å². The SMILES string of the molecule is COc1cc(C=NNC(=O)c2ccccc2Br)ccc1OS(=O)(=O)c1ccc(C)cc1. The summed E-state index contributed by atoms with van der Waals surface area (Å²) in [7, 11) is -2.61. The number of carbonyl (C=O) groups is 1. The van der Waals surface area contributed by atoms with Crippen LogP contribution in [-0.2, 0) is 10.1 Å². The molecule has 0 aliphatic carbocycles. The summed E-state index contributed by atoms with van der Waals surface area (Å²) in [4.78, 5) is 12.2. The first-order valence-corrected chi connectivity index (χ1v) is 11.3. The Bertz CT molecular complexity index is 1220. The summed E-state index contributed by atoms with van der Waals surface area (Å²) in [6.07, 6.45) is 1.41. The summed E-state index contributed by atoms with van der Waals surface area (Å²) in [6.45, 7) is 1.86. The zero-order valence-corrected chi connectivity index (χ0v) is 19.1. The Labute approximate surface area is 189 Å². The molecule has 0 bridgehead atoms. The van der Waals surface area contributed by atoms with Gasteiger partial charge >= 0.3 is 10.1 Å². The van der Waals surface area contributed by atoms with Crippen molar-refractivity contribution in [2.45, 2.75) is 11.8 Å². The Morgan fingerprint density at radius 3 is 2.42 bits per heavy atom. The van der Waals surface area contributed by atoms with Gasteiger partial charge in [0.05, 0.1) is 18.9 Å². The molecule has 31 heavy (non-hydrogen) atoms. The fraction of sp³-hybridized carbons (Fsp3) is 0.0909. The first kappa shape index (κ1) is 22.5. The first-order chi connectivity index (χ1) is 14.8. The van der Waals surface area contributed by atoms with Crippen LogP contribution >= 0.6 is 15.9 Å². The van der Waals surface area contributed by atoms with Crippen LogP contribution in [0.4, 0.5) is 0 Å². The summed E-state index contributed by atoms with van der Waals surface area (Å²) >= 11 is 3.31. The molecule has 0 aliphatic rings. The molecular weight excluding hydrogens is 484 g/mol. The van der Waals surface area contributed by atoms with E-state index in [0.717, 1.165) is 5.56 Å². The van der Waals surface area contributed by atoms with E-state index < -0.39 is 10.1 Å². The predicted octanol–water partition coefficient (Wildman–Crippen LogP) is 4.30. The third kappa shape index (κ3) is 5.71. The minimum Gasteiger partial charge on any atom is -0.493 e. The van der Waals surface area contributed by atoms with Crippen molar-refractivity contribution < 1.29 is 22.1 Å². The highest BCUT2D eigenvalue weighted by atomic mass is 79.9. The highest BCUT2D eigenvalue weighted by Crippen LogP contribution is 2.30. The Balaban J connectivity index is 1.74. The number of ether oxygens (including phenoxy) is 1. The average molecular weight is 503 g/mol. The number of benzene rings is 3. The molecule has 7 nitrogen and oxygen atoms in total. The molecule has 0 saturated heterocycles. The molecule has 0 aromatic heterocycles. The summed E-state index contributed by atoms with van der Waals surface area (Å²) in [5.74, 6) is -0.130. The van der Waals surface area contributed by atoms with E-state index in [1.165, 1.54) is 31.5 Å². The Hall–Kier alpha value is -3.17. The van der Waals surface area contributed by atoms with Gasteiger partial charge in [-0.2, -0.15) is 13.5 Å². The van der Waals surface area contributed by atoms with Gasteiger partial charge in [0.2, 0.25) is 0 Å². The van der Waals surface area contributed by atoms with Crippen molar-refractivity contribution in [3.8, 4) is 11.5 Å². The van der Waals surface area contributed by atoms with Crippen molar-refractivity contribution in [3.05, 3.63) is 87.9 Å². The van der Waals surface area contributed by atoms with Gasteiger partial charge in [-0.3, -0.25) is 4.79 Å². The molecule has 0 atom stereocenters. The Morgan fingerprint density at radius 2 is 1.74 bits per heavy atom. The normalized spacial score (nSPS) is 11.3. The third-order valence-electron chi connectivity index (χ3n) is 4.20. The van der Waals surface area contributed by atoms with Crippen LogP contribution in [0.5, 0.6) is 11.5 Å². The van der Waals surface area contributed by atoms with Crippen LogP contribution in [0.15, 0.2) is 81.2 Å². The van der Waals surface area contributed by atoms with E-state index in [1.807, 2.05) is 6.92 Å². The number of methoxy groups -OCH3 is 1. The van der Waals surface area contributed by atoms with Crippen LogP contribution in [0.3, 0.4) is 0 Å². The van der Waals surface area contributed by atoms with Gasteiger partial charge in [0.15, 0.2) is 11.5 Å². The number of rotatable bonds is 7. The van der Waals surface area contributed by atoms with E-state index in [9.17, 15) is 13.2 Å². The number of halogens is 1. The number of amides is 1. The van der Waals surface area contributed by atoms with E-state index in [0.29, 0.717) is 15.6 Å². The number of carbonyl (C=O) groups excluding carboxylic acids is 1. The maximum atomic E-state index is 12.5. The van der Waals surface area contributed by atoms with Crippen LogP contribution in [0.25, 0.3) is 0 Å². The molecule has 0 unspecified atom stereocenters. The highest BCUT2D eigenvalue weighted by molar-refractivity contribution is 9.10. The quantitative estimate of drug-likeness (QED) is 0.295. The second-order valence-corrected chi connectivity index (χ2v) is 8.84. The van der Waals surface area contributed by atoms with E-state index in [4.69, 9.17) is 8.92 Å². The van der Waals surface area contributed by atoms with E-state index in [-0.39, 0.29) is 22.3 Å². The van der Waals surface area contributed by atoms with Crippen molar-refractivity contribution in [2.75, 3.05) is 7.11 Å². The molecule has 0 fully saturated rings. The second-order valence-electron chi connectivity index (χ2n) is 6.44. The molecule has 0 spiro atoms. The summed E-state index contributed by atoms with van der Waals surface area (Å²) in [5.41, 5.74) is 4.39. The van der Waals surface area contributed by atoms with E-state index in [2.05, 4.69) is 26.5 Å². The van der Waals surface area contributed by atoms with Crippen LogP contribution in [0.1, 0.15) is 21.5 Å². The minimum absolute atomic E-state index is 0.0393. The zero-order valence-electron chi connectivity index (χ0n) is 16.7. The maximum absolute atomic E-state index is 12.5. The minimum atomic E-state index is -4.01. The molecule has 1 N–H and O–H groups in total. The molecule has 160 valence electrons. The standard InChI is InChI=1S/C22H19BrN2O5S/c1-15-7-10-17(11-8-15)31(27,28)30-20-12-9-16(13-21(20)29-2)14-24-25-22(26)18-5-3-4-6-19(18)23/h3-14H,1-2H3,(H,25,26). The molecule has 0 heterocycles. The number of hydrogen-bond acceptors (Lipinski definition) is 6. The summed E-state index contributed by atoms with van der Waals surface area (Å²) < 4.78 is 36.2. The number of hydrogen-bond donors (Lipinski definition) is 1. The molecule has 9 heteroatoms. The van der Waals surface area contributed by atoms with E-state index in [1.54, 1.807) is 48.5 Å². The molecule has 3 aromatic carbocycles. The van der Waals surface area contributed by atoms with Gasteiger partial charge in [-0.05, 0) is 70.9 Å². The largest absolute Gasteiger partial charge is 0.493 e. The van der Waals surface area contributed by atoms with Crippen LogP contribution in [0, 0.1) is 6.92 Å². The lowest BCUT2D eigenvalue weighted by Crippen LogP contribution is -2.18. The first-order valence-electron chi connectivity index (χ1n) is 9.07. The molecule has 0 aliphatic heterocycles. The Kier molecular flexibility index (Phi) is 7.09. The van der Waals surface area contributed by atoms with Crippen LogP contribution in [0.2, 0.25) is 0 Å². The topological polar surface area (TPSA) is 94.1 Å². The van der Waals surface area contributed by atoms with Crippen molar-refractivity contribution >= 4 is 38.2 Å². The summed E-state index contributed by atoms with van der Waals surface area (Å²) in [5, 5.41) is 3.93. The van der Waals surface area contributed by atoms with Gasteiger partial charge in [-0.1, -0.05) is 29.8 Å². The third-order valence-corrected chi connectivity index (χ3v) is 6.14. The molecule has 1 amide bonds. The van der Waals surface area contributed by atoms with Gasteiger partial charge in [0, 0.05) is 4.47 Å². The average Bonchev–Trinajstić information content (AvgIpc) is 2.75. The van der Waals surface area contributed by atoms with Crippen LogP contribution in [-0.4, -0.2) is 27.6 Å². The van der Waals surface area contributed by atoms with Gasteiger partial charge in [-0.15, -0.1) is 0 Å². The second kappa shape index (κ2) is 9.76. The van der Waals surface area contributed by atoms with Crippen LogP contribution < -0.4 is 14.3 Å². The van der Waals surface area contributed by atoms with Crippen molar-refractivity contribution in [1.29, 1.82) is 0 Å². The maximum Gasteiger partial charge on any atom is 0.339 e. The number of nitrogens with one attached hydrogen (secondary N) is 1. The molecule has 0 saturated carbocycles. The van der Waals surface area contributed by atoms with E-state index >= 15 is 0 Å². The van der Waals surface area contributed by atoms with Crippen molar-refractivity contribution in [2.24, 2.45) is 5.10 Å². The number of nitrogens with zero attached hydrogens (tertiary/aromatic N) is 1. The Morgan fingerprint density at radius 1 is 1.03 bits per heavy atom. The molecular formula is C22H19BrN2O5S. The van der Waals surface area contributed by atoms with Crippen molar-refractivity contribution in [3.63, 3.8) is 0 Å². The number of aryl methyl sites for hydroxylation is 1. The van der Waals surface area contributed by atoms with Gasteiger partial charge in [0.25, 0.3) is 5.91 Å². The monoisotopic (exact) mass is 502 g/mol. The molecule has 3 rings (SSSR count). The number of hydrazone groups is 1. The lowest BCUT2D eigenvalue weighted by atomic mass is 10.2. The highest BCUT2D eigenvalue weighted by Gasteiger charge is 2.19. The lowest BCUT2D eigenvalue weighted by molar-refractivity contribution is 0.0954. The fourth-order valence-corrected chi connectivity index (χ4v) is 3.98. The van der Waals surface area contributed by atoms with Gasteiger partial charge < -0.3 is 8.92 Å². The fourth-order valence-electron chi connectivity index (χ4n) is 2.58. The molecule has 3 aromatic rings. The predicted molar refractivity (Wildman–Crippen MR) is 121 cm³/mol. The smallest absolute Gasteiger partial charge is 0.339 e. The molecule has 0 radical (unpaired) electrons. The summed E-state index contributed by atoms with van der Waals surface area (Å²) in [6, 6.07) is 17.9.